The number of benzene rings is 2. The first-order chi connectivity index (χ1) is 15.2. The fourth-order valence-corrected chi connectivity index (χ4v) is 4.26. The molecular weight excluding hydrogens is 457 g/mol. The van der Waals surface area contributed by atoms with Crippen LogP contribution < -0.4 is 15.0 Å². The summed E-state index contributed by atoms with van der Waals surface area (Å²) in [6.07, 6.45) is -0.256. The molecule has 1 unspecified atom stereocenters. The lowest BCUT2D eigenvalue weighted by atomic mass is 10.0. The summed E-state index contributed by atoms with van der Waals surface area (Å²) in [6.45, 7) is 2.04. The third-order valence-corrected chi connectivity index (χ3v) is 6.28. The zero-order chi connectivity index (χ0) is 23.2. The average Bonchev–Trinajstić information content (AvgIpc) is 3.06. The number of halogens is 2. The molecule has 0 spiro atoms. The number of imide groups is 1. The number of carbonyl (C=O) groups excluding carboxylic acids is 4. The van der Waals surface area contributed by atoms with Crippen LogP contribution in [0, 0.1) is 6.92 Å². The first-order valence-corrected chi connectivity index (χ1v) is 10.6. The van der Waals surface area contributed by atoms with E-state index in [0.717, 1.165) is 5.56 Å². The number of anilines is 1. The quantitative estimate of drug-likeness (QED) is 0.682. The first kappa shape index (κ1) is 22.1. The van der Waals surface area contributed by atoms with E-state index in [9.17, 15) is 19.2 Å². The van der Waals surface area contributed by atoms with E-state index in [0.29, 0.717) is 26.9 Å². The number of fused-ring (bicyclic) bond motifs is 1. The molecule has 2 aromatic rings. The van der Waals surface area contributed by atoms with Crippen LogP contribution in [-0.2, 0) is 16.1 Å². The average molecular weight is 476 g/mol. The van der Waals surface area contributed by atoms with Gasteiger partial charge in [-0.2, -0.15) is 0 Å². The number of hydrogen-bond donors (Lipinski definition) is 1. The molecule has 0 saturated carbocycles. The number of rotatable bonds is 3. The zero-order valence-electron chi connectivity index (χ0n) is 17.3. The molecule has 1 fully saturated rings. The zero-order valence-corrected chi connectivity index (χ0v) is 18.8. The number of carbonyl (C=O) groups is 4. The molecule has 1 N–H and O–H groups in total. The molecule has 2 aliphatic heterocycles. The number of ether oxygens (including phenoxy) is 1. The third-order valence-electron chi connectivity index (χ3n) is 5.57. The van der Waals surface area contributed by atoms with Gasteiger partial charge in [-0.3, -0.25) is 24.6 Å². The van der Waals surface area contributed by atoms with Crippen molar-refractivity contribution in [2.75, 3.05) is 11.9 Å². The lowest BCUT2D eigenvalue weighted by Gasteiger charge is -2.29. The van der Waals surface area contributed by atoms with Crippen molar-refractivity contribution in [3.05, 3.63) is 57.1 Å². The van der Waals surface area contributed by atoms with Crippen molar-refractivity contribution >= 4 is 52.7 Å². The van der Waals surface area contributed by atoms with Crippen LogP contribution in [0.2, 0.25) is 10.0 Å². The summed E-state index contributed by atoms with van der Waals surface area (Å²) in [7, 11) is 1.50. The second-order valence-corrected chi connectivity index (χ2v) is 8.51. The normalized spacial score (nSPS) is 17.8. The van der Waals surface area contributed by atoms with Crippen molar-refractivity contribution in [2.24, 2.45) is 0 Å². The molecule has 2 aliphatic rings. The van der Waals surface area contributed by atoms with E-state index in [1.807, 2.05) is 0 Å². The lowest BCUT2D eigenvalue weighted by molar-refractivity contribution is -0.136. The van der Waals surface area contributed by atoms with E-state index in [1.54, 1.807) is 31.2 Å². The van der Waals surface area contributed by atoms with Crippen LogP contribution in [0.15, 0.2) is 30.3 Å². The van der Waals surface area contributed by atoms with Crippen molar-refractivity contribution in [3.63, 3.8) is 0 Å². The monoisotopic (exact) mass is 475 g/mol. The largest absolute Gasteiger partial charge is 0.419 e. The van der Waals surface area contributed by atoms with Gasteiger partial charge in [-0.25, -0.2) is 4.79 Å². The van der Waals surface area contributed by atoms with E-state index >= 15 is 0 Å². The van der Waals surface area contributed by atoms with Gasteiger partial charge in [0.1, 0.15) is 11.8 Å². The Kier molecular flexibility index (Phi) is 5.83. The molecule has 2 heterocycles. The Morgan fingerprint density at radius 3 is 2.62 bits per heavy atom. The molecule has 32 heavy (non-hydrogen) atoms. The molecule has 1 saturated heterocycles. The van der Waals surface area contributed by atoms with E-state index < -0.39 is 18.0 Å². The Labute approximate surface area is 194 Å². The molecule has 1 atom stereocenters. The second kappa shape index (κ2) is 8.44. The Balaban J connectivity index is 1.50. The minimum Gasteiger partial charge on any atom is -0.410 e. The predicted molar refractivity (Wildman–Crippen MR) is 118 cm³/mol. The van der Waals surface area contributed by atoms with Crippen molar-refractivity contribution in [2.45, 2.75) is 32.4 Å². The fourth-order valence-electron chi connectivity index (χ4n) is 3.76. The summed E-state index contributed by atoms with van der Waals surface area (Å²) >= 11 is 12.4. The molecule has 10 heteroatoms. The van der Waals surface area contributed by atoms with E-state index in [1.165, 1.54) is 22.9 Å². The van der Waals surface area contributed by atoms with Gasteiger partial charge in [-0.15, -0.1) is 0 Å². The number of aryl methyl sites for hydroxylation is 1. The van der Waals surface area contributed by atoms with Gasteiger partial charge >= 0.3 is 6.09 Å². The number of nitrogens with zero attached hydrogens (tertiary/aromatic N) is 2. The second-order valence-electron chi connectivity index (χ2n) is 7.70. The molecule has 4 rings (SSSR count). The number of piperidine rings is 1. The van der Waals surface area contributed by atoms with Crippen LogP contribution >= 0.6 is 23.2 Å². The first-order valence-electron chi connectivity index (χ1n) is 9.84. The summed E-state index contributed by atoms with van der Waals surface area (Å²) in [5, 5.41) is 3.07. The molecule has 0 radical (unpaired) electrons. The van der Waals surface area contributed by atoms with Gasteiger partial charge in [-0.05, 0) is 48.7 Å². The standard InChI is InChI=1S/C22H19Cl2N3O5/c1-11-7-16(24)18(9-15(11)23)26(2)22(31)32-13-4-3-12-10-27(21(30)14(12)8-13)17-5-6-19(28)25-20(17)29/h3-4,7-9,17H,5-6,10H2,1-2H3,(H,25,28,29). The van der Waals surface area contributed by atoms with Crippen LogP contribution in [0.4, 0.5) is 10.5 Å². The Morgan fingerprint density at radius 1 is 1.16 bits per heavy atom. The fraction of sp³-hybridized carbons (Fsp3) is 0.273. The SMILES string of the molecule is Cc1cc(Cl)c(N(C)C(=O)Oc2ccc3c(c2)C(=O)N(C2CCC(=O)NC2=O)C3)cc1Cl. The summed E-state index contributed by atoms with van der Waals surface area (Å²) in [5.74, 6) is -1.00. The summed E-state index contributed by atoms with van der Waals surface area (Å²) in [4.78, 5) is 51.8. The van der Waals surface area contributed by atoms with E-state index in [-0.39, 0.29) is 37.0 Å². The van der Waals surface area contributed by atoms with Gasteiger partial charge in [-0.1, -0.05) is 29.3 Å². The van der Waals surface area contributed by atoms with E-state index in [2.05, 4.69) is 5.32 Å². The Bertz CT molecular complexity index is 1170. The Hall–Kier alpha value is -3.10. The van der Waals surface area contributed by atoms with Gasteiger partial charge < -0.3 is 9.64 Å². The maximum Gasteiger partial charge on any atom is 0.419 e. The van der Waals surface area contributed by atoms with Gasteiger partial charge in [0, 0.05) is 30.6 Å². The highest BCUT2D eigenvalue weighted by Gasteiger charge is 2.39. The van der Waals surface area contributed by atoms with Crippen LogP contribution in [-0.4, -0.2) is 41.8 Å². The third kappa shape index (κ3) is 4.03. The van der Waals surface area contributed by atoms with Gasteiger partial charge in [0.2, 0.25) is 11.8 Å². The topological polar surface area (TPSA) is 96.0 Å². The number of nitrogens with one attached hydrogen (secondary N) is 1. The maximum atomic E-state index is 12.9. The van der Waals surface area contributed by atoms with Crippen LogP contribution in [0.25, 0.3) is 0 Å². The van der Waals surface area contributed by atoms with Gasteiger partial charge in [0.05, 0.1) is 10.7 Å². The van der Waals surface area contributed by atoms with Crippen molar-refractivity contribution in [1.29, 1.82) is 0 Å². The Morgan fingerprint density at radius 2 is 1.91 bits per heavy atom. The summed E-state index contributed by atoms with van der Waals surface area (Å²) in [6, 6.07) is 7.25. The molecule has 8 nitrogen and oxygen atoms in total. The molecule has 0 aliphatic carbocycles. The summed E-state index contributed by atoms with van der Waals surface area (Å²) < 4.78 is 5.44. The number of hydrogen-bond acceptors (Lipinski definition) is 5. The highest BCUT2D eigenvalue weighted by atomic mass is 35.5. The molecule has 0 bridgehead atoms. The minimum atomic E-state index is -0.710. The van der Waals surface area contributed by atoms with Gasteiger partial charge in [0.25, 0.3) is 5.91 Å². The highest BCUT2D eigenvalue weighted by Crippen LogP contribution is 2.33. The van der Waals surface area contributed by atoms with Gasteiger partial charge in [0.15, 0.2) is 0 Å². The molecule has 0 aromatic heterocycles. The van der Waals surface area contributed by atoms with Crippen LogP contribution in [0.5, 0.6) is 5.75 Å². The molecule has 166 valence electrons. The van der Waals surface area contributed by atoms with Crippen molar-refractivity contribution in [3.8, 4) is 5.75 Å². The van der Waals surface area contributed by atoms with Crippen molar-refractivity contribution < 1.29 is 23.9 Å². The highest BCUT2D eigenvalue weighted by molar-refractivity contribution is 6.36. The van der Waals surface area contributed by atoms with Crippen LogP contribution in [0.1, 0.15) is 34.3 Å². The van der Waals surface area contributed by atoms with Crippen molar-refractivity contribution in [1.82, 2.24) is 10.2 Å². The maximum absolute atomic E-state index is 12.9. The summed E-state index contributed by atoms with van der Waals surface area (Å²) in [5.41, 5.74) is 2.22. The molecule has 2 aromatic carbocycles. The smallest absolute Gasteiger partial charge is 0.410 e. The molecule has 4 amide bonds. The number of amides is 4. The predicted octanol–water partition coefficient (Wildman–Crippen LogP) is 3.70. The lowest BCUT2D eigenvalue weighted by Crippen LogP contribution is -2.52. The minimum absolute atomic E-state index is 0.174. The molecular formula is C22H19Cl2N3O5. The van der Waals surface area contributed by atoms with Crippen LogP contribution in [0.3, 0.4) is 0 Å². The van der Waals surface area contributed by atoms with E-state index in [4.69, 9.17) is 27.9 Å².